The number of benzene rings is 1. The molecule has 0 aliphatic carbocycles. The van der Waals surface area contributed by atoms with E-state index in [0.717, 1.165) is 11.4 Å². The van der Waals surface area contributed by atoms with Crippen molar-refractivity contribution < 1.29 is 14.3 Å². The molecule has 1 aliphatic heterocycles. The first-order valence-electron chi connectivity index (χ1n) is 7.95. The van der Waals surface area contributed by atoms with Crippen molar-refractivity contribution in [2.24, 2.45) is 0 Å². The first-order valence-corrected chi connectivity index (χ1v) is 7.95. The third kappa shape index (κ3) is 3.71. The van der Waals surface area contributed by atoms with E-state index in [1.54, 1.807) is 24.4 Å². The zero-order valence-electron chi connectivity index (χ0n) is 14.4. The molecule has 130 valence electrons. The van der Waals surface area contributed by atoms with E-state index in [1.807, 2.05) is 38.1 Å². The lowest BCUT2D eigenvalue weighted by Crippen LogP contribution is -2.28. The Kier molecular flexibility index (Phi) is 4.56. The Labute approximate surface area is 146 Å². The van der Waals surface area contributed by atoms with Crippen molar-refractivity contribution in [1.82, 2.24) is 10.3 Å². The molecule has 2 heterocycles. The maximum atomic E-state index is 12.4. The molecule has 2 amide bonds. The van der Waals surface area contributed by atoms with Gasteiger partial charge in [0.15, 0.2) is 6.61 Å². The Bertz CT molecular complexity index is 802. The van der Waals surface area contributed by atoms with E-state index in [9.17, 15) is 9.59 Å². The van der Waals surface area contributed by atoms with Gasteiger partial charge in [0.05, 0.1) is 17.3 Å². The summed E-state index contributed by atoms with van der Waals surface area (Å²) in [5.74, 6) is 1.03. The average Bonchev–Trinajstić information content (AvgIpc) is 2.61. The standard InChI is InChI=1S/C18H20N4O3/c1-11(12-4-6-15-14(8-12)21-17(23)10-25-15)20-18(24)13-5-7-16(19-9-13)22(2)3/h4-9,11H,10H2,1-3H3,(H,20,24)(H,21,23)/t11-/m0/s1. The lowest BCUT2D eigenvalue weighted by molar-refractivity contribution is -0.118. The van der Waals surface area contributed by atoms with Crippen LogP contribution in [-0.4, -0.2) is 37.5 Å². The Hall–Kier alpha value is -3.09. The number of carbonyl (C=O) groups is 2. The van der Waals surface area contributed by atoms with Gasteiger partial charge in [-0.1, -0.05) is 6.07 Å². The largest absolute Gasteiger partial charge is 0.482 e. The van der Waals surface area contributed by atoms with E-state index in [1.165, 1.54) is 0 Å². The molecule has 3 rings (SSSR count). The summed E-state index contributed by atoms with van der Waals surface area (Å²) in [7, 11) is 3.78. The highest BCUT2D eigenvalue weighted by molar-refractivity contribution is 5.96. The van der Waals surface area contributed by atoms with E-state index in [-0.39, 0.29) is 24.5 Å². The molecule has 0 saturated carbocycles. The van der Waals surface area contributed by atoms with Gasteiger partial charge < -0.3 is 20.3 Å². The first kappa shape index (κ1) is 16.8. The fraction of sp³-hybridized carbons (Fsp3) is 0.278. The predicted molar refractivity (Wildman–Crippen MR) is 95.0 cm³/mol. The molecular formula is C18H20N4O3. The molecule has 0 fully saturated rings. The number of pyridine rings is 1. The second-order valence-electron chi connectivity index (χ2n) is 6.09. The van der Waals surface area contributed by atoms with Crippen LogP contribution in [0.2, 0.25) is 0 Å². The third-order valence-corrected chi connectivity index (χ3v) is 3.95. The summed E-state index contributed by atoms with van der Waals surface area (Å²) in [6, 6.07) is 8.78. The fourth-order valence-electron chi connectivity index (χ4n) is 2.52. The number of nitrogens with one attached hydrogen (secondary N) is 2. The molecular weight excluding hydrogens is 320 g/mol. The lowest BCUT2D eigenvalue weighted by atomic mass is 10.1. The van der Waals surface area contributed by atoms with Gasteiger partial charge in [-0.25, -0.2) is 4.98 Å². The van der Waals surface area contributed by atoms with Crippen LogP contribution in [0.1, 0.15) is 28.9 Å². The van der Waals surface area contributed by atoms with E-state index < -0.39 is 0 Å². The second-order valence-corrected chi connectivity index (χ2v) is 6.09. The summed E-state index contributed by atoms with van der Waals surface area (Å²) >= 11 is 0. The number of ether oxygens (including phenoxy) is 1. The van der Waals surface area contributed by atoms with Gasteiger partial charge in [0.2, 0.25) is 0 Å². The predicted octanol–water partition coefficient (Wildman–Crippen LogP) is 1.97. The third-order valence-electron chi connectivity index (χ3n) is 3.95. The molecule has 7 heteroatoms. The molecule has 1 aliphatic rings. The molecule has 0 spiro atoms. The van der Waals surface area contributed by atoms with Crippen LogP contribution in [0, 0.1) is 0 Å². The summed E-state index contributed by atoms with van der Waals surface area (Å²) in [5.41, 5.74) is 1.98. The van der Waals surface area contributed by atoms with Gasteiger partial charge in [-0.05, 0) is 36.8 Å². The van der Waals surface area contributed by atoms with Gasteiger partial charge >= 0.3 is 0 Å². The molecule has 1 atom stereocenters. The summed E-state index contributed by atoms with van der Waals surface area (Å²) in [6.45, 7) is 1.90. The van der Waals surface area contributed by atoms with Crippen molar-refractivity contribution in [3.63, 3.8) is 0 Å². The van der Waals surface area contributed by atoms with Crippen LogP contribution in [0.5, 0.6) is 5.75 Å². The molecule has 2 aromatic rings. The topological polar surface area (TPSA) is 83.6 Å². The maximum Gasteiger partial charge on any atom is 0.262 e. The summed E-state index contributed by atoms with van der Waals surface area (Å²) < 4.78 is 5.34. The number of carbonyl (C=O) groups excluding carboxylic acids is 2. The number of anilines is 2. The van der Waals surface area contributed by atoms with Crippen LogP contribution < -0.4 is 20.3 Å². The van der Waals surface area contributed by atoms with Gasteiger partial charge in [0, 0.05) is 20.3 Å². The first-order chi connectivity index (χ1) is 11.9. The van der Waals surface area contributed by atoms with Crippen LogP contribution in [0.25, 0.3) is 0 Å². The minimum atomic E-state index is -0.231. The highest BCUT2D eigenvalue weighted by Crippen LogP contribution is 2.30. The van der Waals surface area contributed by atoms with Gasteiger partial charge in [0.25, 0.3) is 11.8 Å². The van der Waals surface area contributed by atoms with Crippen molar-refractivity contribution in [2.75, 3.05) is 30.9 Å². The minimum Gasteiger partial charge on any atom is -0.482 e. The van der Waals surface area contributed by atoms with Gasteiger partial charge in [-0.15, -0.1) is 0 Å². The lowest BCUT2D eigenvalue weighted by Gasteiger charge is -2.21. The van der Waals surface area contributed by atoms with Gasteiger partial charge in [0.1, 0.15) is 11.6 Å². The van der Waals surface area contributed by atoms with Crippen molar-refractivity contribution >= 4 is 23.3 Å². The van der Waals surface area contributed by atoms with E-state index in [2.05, 4.69) is 15.6 Å². The Morgan fingerprint density at radius 2 is 2.12 bits per heavy atom. The fourth-order valence-corrected chi connectivity index (χ4v) is 2.52. The zero-order valence-corrected chi connectivity index (χ0v) is 14.4. The van der Waals surface area contributed by atoms with Gasteiger partial charge in [-0.3, -0.25) is 9.59 Å². The SMILES string of the molecule is C[C@H](NC(=O)c1ccc(N(C)C)nc1)c1ccc2c(c1)NC(=O)CO2. The average molecular weight is 340 g/mol. The summed E-state index contributed by atoms with van der Waals surface area (Å²) in [5, 5.41) is 5.70. The Morgan fingerprint density at radius 1 is 1.32 bits per heavy atom. The Balaban J connectivity index is 1.71. The zero-order chi connectivity index (χ0) is 18.0. The Morgan fingerprint density at radius 3 is 2.80 bits per heavy atom. The van der Waals surface area contributed by atoms with Crippen molar-refractivity contribution in [3.8, 4) is 5.75 Å². The van der Waals surface area contributed by atoms with Crippen LogP contribution in [-0.2, 0) is 4.79 Å². The highest BCUT2D eigenvalue weighted by Gasteiger charge is 2.18. The molecule has 1 aromatic heterocycles. The molecule has 1 aromatic carbocycles. The summed E-state index contributed by atoms with van der Waals surface area (Å²) in [4.78, 5) is 29.9. The molecule has 2 N–H and O–H groups in total. The molecule has 0 saturated heterocycles. The molecule has 7 nitrogen and oxygen atoms in total. The molecule has 0 unspecified atom stereocenters. The molecule has 0 bridgehead atoms. The van der Waals surface area contributed by atoms with E-state index >= 15 is 0 Å². The number of fused-ring (bicyclic) bond motifs is 1. The number of hydrogen-bond acceptors (Lipinski definition) is 5. The van der Waals surface area contributed by atoms with Gasteiger partial charge in [-0.2, -0.15) is 0 Å². The number of rotatable bonds is 4. The number of amides is 2. The molecule has 25 heavy (non-hydrogen) atoms. The number of nitrogens with zero attached hydrogens (tertiary/aromatic N) is 2. The minimum absolute atomic E-state index is 0.0224. The van der Waals surface area contributed by atoms with Crippen LogP contribution in [0.15, 0.2) is 36.5 Å². The highest BCUT2D eigenvalue weighted by atomic mass is 16.5. The normalized spacial score (nSPS) is 14.0. The van der Waals surface area contributed by atoms with E-state index in [4.69, 9.17) is 4.74 Å². The number of hydrogen-bond donors (Lipinski definition) is 2. The molecule has 0 radical (unpaired) electrons. The van der Waals surface area contributed by atoms with Crippen LogP contribution in [0.4, 0.5) is 11.5 Å². The van der Waals surface area contributed by atoms with E-state index in [0.29, 0.717) is 17.0 Å². The smallest absolute Gasteiger partial charge is 0.262 e. The van der Waals surface area contributed by atoms with Crippen molar-refractivity contribution in [3.05, 3.63) is 47.7 Å². The van der Waals surface area contributed by atoms with Crippen molar-refractivity contribution in [2.45, 2.75) is 13.0 Å². The van der Waals surface area contributed by atoms with Crippen LogP contribution in [0.3, 0.4) is 0 Å². The maximum absolute atomic E-state index is 12.4. The van der Waals surface area contributed by atoms with Crippen molar-refractivity contribution in [1.29, 1.82) is 0 Å². The second kappa shape index (κ2) is 6.80. The van der Waals surface area contributed by atoms with Crippen LogP contribution >= 0.6 is 0 Å². The number of aromatic nitrogens is 1. The quantitative estimate of drug-likeness (QED) is 0.889. The monoisotopic (exact) mass is 340 g/mol. The summed E-state index contributed by atoms with van der Waals surface area (Å²) in [6.07, 6.45) is 1.55.